The molecule has 1 amide bonds. The number of aromatic nitrogens is 2. The van der Waals surface area contributed by atoms with Crippen molar-refractivity contribution >= 4 is 40.0 Å². The Morgan fingerprint density at radius 2 is 1.77 bits per heavy atom. The lowest BCUT2D eigenvalue weighted by Crippen LogP contribution is -2.22. The van der Waals surface area contributed by atoms with Crippen LogP contribution < -0.4 is 5.32 Å². The number of carbonyl (C=O) groups is 1. The van der Waals surface area contributed by atoms with Crippen LogP contribution in [-0.2, 0) is 6.54 Å². The van der Waals surface area contributed by atoms with Gasteiger partial charge in [0.15, 0.2) is 5.01 Å². The Bertz CT molecular complexity index is 936. The quantitative estimate of drug-likeness (QED) is 0.693. The van der Waals surface area contributed by atoms with Gasteiger partial charge in [-0.1, -0.05) is 64.9 Å². The van der Waals surface area contributed by atoms with E-state index in [0.29, 0.717) is 10.0 Å². The largest absolute Gasteiger partial charge is 0.346 e. The number of hydrogen-bond acceptors (Lipinski definition) is 4. The first-order chi connectivity index (χ1) is 12.5. The molecule has 7 heteroatoms. The predicted molar refractivity (Wildman–Crippen MR) is 102 cm³/mol. The molecule has 0 aliphatic carbocycles. The lowest BCUT2D eigenvalue weighted by atomic mass is 10.1. The second-order valence-electron chi connectivity index (χ2n) is 5.62. The molecule has 1 heterocycles. The zero-order chi connectivity index (χ0) is 18.5. The summed E-state index contributed by atoms with van der Waals surface area (Å²) in [5.74, 6) is -0.665. The minimum Gasteiger partial charge on any atom is -0.346 e. The molecule has 0 saturated heterocycles. The summed E-state index contributed by atoms with van der Waals surface area (Å²) in [6, 6.07) is 13.8. The van der Waals surface area contributed by atoms with E-state index in [4.69, 9.17) is 11.6 Å². The molecule has 0 radical (unpaired) electrons. The molecule has 4 nitrogen and oxygen atoms in total. The molecular formula is C19H15ClFN3OS. The Hall–Kier alpha value is -2.57. The third kappa shape index (κ3) is 4.74. The standard InChI is InChI=1S/C19H15ClFN3OS/c1-12-2-4-13(5-3-12)10-16(20)18-23-24-19(26-18)17(25)22-11-14-6-8-15(21)9-7-14/h2-10H,11H2,1H3,(H,22,25). The minimum atomic E-state index is -0.349. The van der Waals surface area contributed by atoms with Crippen LogP contribution in [0.2, 0.25) is 0 Å². The first kappa shape index (κ1) is 18.2. The molecule has 0 unspecified atom stereocenters. The average molecular weight is 388 g/mol. The first-order valence-electron chi connectivity index (χ1n) is 7.81. The van der Waals surface area contributed by atoms with Crippen molar-refractivity contribution in [1.82, 2.24) is 15.5 Å². The van der Waals surface area contributed by atoms with Crippen LogP contribution in [0, 0.1) is 12.7 Å². The Morgan fingerprint density at radius 3 is 2.46 bits per heavy atom. The summed E-state index contributed by atoms with van der Waals surface area (Å²) in [4.78, 5) is 12.2. The third-order valence-corrected chi connectivity index (χ3v) is 4.92. The second-order valence-corrected chi connectivity index (χ2v) is 7.01. The zero-order valence-electron chi connectivity index (χ0n) is 13.9. The maximum atomic E-state index is 12.9. The van der Waals surface area contributed by atoms with Gasteiger partial charge >= 0.3 is 0 Å². The van der Waals surface area contributed by atoms with Crippen molar-refractivity contribution in [1.29, 1.82) is 0 Å². The molecule has 1 aromatic heterocycles. The number of hydrogen-bond donors (Lipinski definition) is 1. The number of amides is 1. The number of rotatable bonds is 5. The number of nitrogens with zero attached hydrogens (tertiary/aromatic N) is 2. The molecule has 3 rings (SSSR count). The highest BCUT2D eigenvalue weighted by molar-refractivity contribution is 7.15. The van der Waals surface area contributed by atoms with E-state index in [1.54, 1.807) is 18.2 Å². The van der Waals surface area contributed by atoms with Crippen LogP contribution in [0.5, 0.6) is 0 Å². The molecule has 0 aliphatic heterocycles. The highest BCUT2D eigenvalue weighted by Crippen LogP contribution is 2.25. The first-order valence-corrected chi connectivity index (χ1v) is 9.01. The molecule has 26 heavy (non-hydrogen) atoms. The summed E-state index contributed by atoms with van der Waals surface area (Å²) in [6.07, 6.45) is 1.78. The predicted octanol–water partition coefficient (Wildman–Crippen LogP) is 4.65. The third-order valence-electron chi connectivity index (χ3n) is 3.56. The Balaban J connectivity index is 1.65. The van der Waals surface area contributed by atoms with Gasteiger partial charge in [0.05, 0.1) is 5.03 Å². The fourth-order valence-corrected chi connectivity index (χ4v) is 3.09. The van der Waals surface area contributed by atoms with Crippen LogP contribution in [0.3, 0.4) is 0 Å². The highest BCUT2D eigenvalue weighted by atomic mass is 35.5. The lowest BCUT2D eigenvalue weighted by Gasteiger charge is -2.02. The number of benzene rings is 2. The molecule has 0 saturated carbocycles. The molecule has 0 fully saturated rings. The van der Waals surface area contributed by atoms with Gasteiger partial charge in [-0.2, -0.15) is 0 Å². The monoisotopic (exact) mass is 387 g/mol. The van der Waals surface area contributed by atoms with Gasteiger partial charge in [-0.25, -0.2) is 4.39 Å². The van der Waals surface area contributed by atoms with Crippen molar-refractivity contribution < 1.29 is 9.18 Å². The topological polar surface area (TPSA) is 54.9 Å². The van der Waals surface area contributed by atoms with E-state index in [1.165, 1.54) is 12.1 Å². The average Bonchev–Trinajstić information content (AvgIpc) is 3.13. The van der Waals surface area contributed by atoms with Crippen LogP contribution in [-0.4, -0.2) is 16.1 Å². The van der Waals surface area contributed by atoms with E-state index >= 15 is 0 Å². The molecule has 132 valence electrons. The van der Waals surface area contributed by atoms with Gasteiger partial charge in [-0.3, -0.25) is 4.79 Å². The number of nitrogens with one attached hydrogen (secondary N) is 1. The van der Waals surface area contributed by atoms with Gasteiger partial charge in [0, 0.05) is 6.54 Å². The SMILES string of the molecule is Cc1ccc(C=C(Cl)c2nnc(C(=O)NCc3ccc(F)cc3)s2)cc1. The second kappa shape index (κ2) is 8.21. The van der Waals surface area contributed by atoms with Crippen LogP contribution in [0.25, 0.3) is 11.1 Å². The molecule has 3 aromatic rings. The van der Waals surface area contributed by atoms with Gasteiger partial charge in [-0.15, -0.1) is 10.2 Å². The summed E-state index contributed by atoms with van der Waals surface area (Å²) < 4.78 is 12.9. The highest BCUT2D eigenvalue weighted by Gasteiger charge is 2.14. The summed E-state index contributed by atoms with van der Waals surface area (Å²) in [5.41, 5.74) is 2.90. The van der Waals surface area contributed by atoms with Gasteiger partial charge in [0.25, 0.3) is 5.91 Å². The van der Waals surface area contributed by atoms with Crippen LogP contribution >= 0.6 is 22.9 Å². The fraction of sp³-hybridized carbons (Fsp3) is 0.105. The molecular weight excluding hydrogens is 373 g/mol. The van der Waals surface area contributed by atoms with E-state index in [1.807, 2.05) is 31.2 Å². The van der Waals surface area contributed by atoms with Crippen LogP contribution in [0.1, 0.15) is 31.5 Å². The minimum absolute atomic E-state index is 0.220. The molecule has 2 aromatic carbocycles. The maximum Gasteiger partial charge on any atom is 0.282 e. The summed E-state index contributed by atoms with van der Waals surface area (Å²) in [5, 5.41) is 11.7. The molecule has 1 N–H and O–H groups in total. The van der Waals surface area contributed by atoms with Crippen molar-refractivity contribution in [2.75, 3.05) is 0 Å². The number of halogens is 2. The van der Waals surface area contributed by atoms with E-state index in [2.05, 4.69) is 15.5 Å². The van der Waals surface area contributed by atoms with Gasteiger partial charge in [0.1, 0.15) is 5.82 Å². The van der Waals surface area contributed by atoms with Crippen LogP contribution in [0.15, 0.2) is 48.5 Å². The molecule has 0 bridgehead atoms. The van der Waals surface area contributed by atoms with E-state index in [9.17, 15) is 9.18 Å². The van der Waals surface area contributed by atoms with Crippen molar-refractivity contribution in [3.63, 3.8) is 0 Å². The summed E-state index contributed by atoms with van der Waals surface area (Å²) in [7, 11) is 0. The lowest BCUT2D eigenvalue weighted by molar-refractivity contribution is 0.0950. The van der Waals surface area contributed by atoms with Gasteiger partial charge < -0.3 is 5.32 Å². The molecule has 0 atom stereocenters. The molecule has 0 aliphatic rings. The van der Waals surface area contributed by atoms with Crippen molar-refractivity contribution in [2.45, 2.75) is 13.5 Å². The zero-order valence-corrected chi connectivity index (χ0v) is 15.4. The summed E-state index contributed by atoms with van der Waals surface area (Å²) >= 11 is 7.40. The fourth-order valence-electron chi connectivity index (χ4n) is 2.14. The van der Waals surface area contributed by atoms with E-state index < -0.39 is 0 Å². The summed E-state index contributed by atoms with van der Waals surface area (Å²) in [6.45, 7) is 2.29. The normalized spacial score (nSPS) is 11.4. The van der Waals surface area contributed by atoms with Crippen molar-refractivity contribution in [3.05, 3.63) is 81.1 Å². The Morgan fingerprint density at radius 1 is 1.12 bits per heavy atom. The Labute approximate surface area is 159 Å². The Kier molecular flexibility index (Phi) is 5.75. The number of carbonyl (C=O) groups excluding carboxylic acids is 1. The van der Waals surface area contributed by atoms with Crippen molar-refractivity contribution in [2.24, 2.45) is 0 Å². The van der Waals surface area contributed by atoms with Gasteiger partial charge in [0.2, 0.25) is 5.01 Å². The van der Waals surface area contributed by atoms with Gasteiger partial charge in [-0.05, 0) is 36.3 Å². The maximum absolute atomic E-state index is 12.9. The van der Waals surface area contributed by atoms with E-state index in [0.717, 1.165) is 28.0 Å². The smallest absolute Gasteiger partial charge is 0.282 e. The van der Waals surface area contributed by atoms with Crippen LogP contribution in [0.4, 0.5) is 4.39 Å². The van der Waals surface area contributed by atoms with E-state index in [-0.39, 0.29) is 23.3 Å². The number of aryl methyl sites for hydroxylation is 1. The van der Waals surface area contributed by atoms with Crippen molar-refractivity contribution in [3.8, 4) is 0 Å². The molecule has 0 spiro atoms.